The molecule has 0 fully saturated rings. The molecule has 0 amide bonds. The van der Waals surface area contributed by atoms with Gasteiger partial charge in [-0.15, -0.1) is 0 Å². The number of aromatic nitrogens is 1. The first kappa shape index (κ1) is 15.0. The lowest BCUT2D eigenvalue weighted by Gasteiger charge is -2.17. The molecule has 102 valence electrons. The van der Waals surface area contributed by atoms with Crippen molar-refractivity contribution in [3.8, 4) is 0 Å². The zero-order chi connectivity index (χ0) is 13.6. The maximum atomic E-state index is 12.8. The molecule has 1 rings (SSSR count). The van der Waals surface area contributed by atoms with E-state index in [1.165, 1.54) is 6.20 Å². The van der Waals surface area contributed by atoms with Gasteiger partial charge in [0.25, 0.3) is 0 Å². The second-order valence-electron chi connectivity index (χ2n) is 4.42. The summed E-state index contributed by atoms with van der Waals surface area (Å²) in [5.41, 5.74) is 5.27. The summed E-state index contributed by atoms with van der Waals surface area (Å²) in [5, 5.41) is 0. The maximum absolute atomic E-state index is 12.8. The van der Waals surface area contributed by atoms with Crippen LogP contribution in [0.3, 0.4) is 0 Å². The molecule has 0 spiro atoms. The van der Waals surface area contributed by atoms with Gasteiger partial charge in [-0.2, -0.15) is 13.2 Å². The van der Waals surface area contributed by atoms with Gasteiger partial charge in [-0.1, -0.05) is 32.6 Å². The zero-order valence-corrected chi connectivity index (χ0v) is 10.5. The normalized spacial score (nSPS) is 13.6. The van der Waals surface area contributed by atoms with Crippen molar-refractivity contribution in [3.63, 3.8) is 0 Å². The highest BCUT2D eigenvalue weighted by atomic mass is 19.4. The Bertz CT molecular complexity index is 363. The Morgan fingerprint density at radius 3 is 2.61 bits per heavy atom. The molecule has 5 heteroatoms. The molecule has 2 N–H and O–H groups in total. The SMILES string of the molecule is CCCCCCC(N)c1cnccc1C(F)(F)F. The van der Waals surface area contributed by atoms with Crippen molar-refractivity contribution in [1.29, 1.82) is 0 Å². The number of hydrogen-bond acceptors (Lipinski definition) is 2. The van der Waals surface area contributed by atoms with Crippen LogP contribution in [-0.4, -0.2) is 4.98 Å². The molecule has 0 saturated carbocycles. The van der Waals surface area contributed by atoms with Crippen LogP contribution in [0, 0.1) is 0 Å². The monoisotopic (exact) mass is 260 g/mol. The van der Waals surface area contributed by atoms with Crippen LogP contribution < -0.4 is 5.73 Å². The Labute approximate surface area is 105 Å². The van der Waals surface area contributed by atoms with Crippen LogP contribution in [0.5, 0.6) is 0 Å². The van der Waals surface area contributed by atoms with Crippen molar-refractivity contribution in [2.45, 2.75) is 51.2 Å². The van der Waals surface area contributed by atoms with Gasteiger partial charge in [0, 0.05) is 18.4 Å². The van der Waals surface area contributed by atoms with Crippen molar-refractivity contribution in [2.24, 2.45) is 5.73 Å². The number of nitrogens with zero attached hydrogens (tertiary/aromatic N) is 1. The molecule has 2 nitrogen and oxygen atoms in total. The highest BCUT2D eigenvalue weighted by Gasteiger charge is 2.34. The fraction of sp³-hybridized carbons (Fsp3) is 0.615. The Morgan fingerprint density at radius 2 is 2.00 bits per heavy atom. The van der Waals surface area contributed by atoms with Crippen molar-refractivity contribution in [1.82, 2.24) is 4.98 Å². The number of hydrogen-bond donors (Lipinski definition) is 1. The first-order valence-corrected chi connectivity index (χ1v) is 6.23. The van der Waals surface area contributed by atoms with Gasteiger partial charge in [0.05, 0.1) is 5.56 Å². The molecule has 1 heterocycles. The number of rotatable bonds is 6. The molecule has 18 heavy (non-hydrogen) atoms. The Balaban J connectivity index is 2.70. The van der Waals surface area contributed by atoms with Crippen LogP contribution in [0.1, 0.15) is 56.2 Å². The summed E-state index contributed by atoms with van der Waals surface area (Å²) in [4.78, 5) is 3.74. The lowest BCUT2D eigenvalue weighted by molar-refractivity contribution is -0.138. The van der Waals surface area contributed by atoms with E-state index in [9.17, 15) is 13.2 Å². The fourth-order valence-electron chi connectivity index (χ4n) is 1.91. The molecule has 1 aromatic rings. The van der Waals surface area contributed by atoms with Crippen LogP contribution in [0.15, 0.2) is 18.5 Å². The fourth-order valence-corrected chi connectivity index (χ4v) is 1.91. The summed E-state index contributed by atoms with van der Waals surface area (Å²) in [6.45, 7) is 2.09. The Hall–Kier alpha value is -1.10. The second-order valence-corrected chi connectivity index (χ2v) is 4.42. The van der Waals surface area contributed by atoms with Gasteiger partial charge in [0.15, 0.2) is 0 Å². The maximum Gasteiger partial charge on any atom is 0.416 e. The molecule has 1 atom stereocenters. The summed E-state index contributed by atoms with van der Waals surface area (Å²) >= 11 is 0. The lowest BCUT2D eigenvalue weighted by atomic mass is 9.98. The molecule has 0 bridgehead atoms. The third-order valence-electron chi connectivity index (χ3n) is 2.93. The van der Waals surface area contributed by atoms with E-state index in [2.05, 4.69) is 11.9 Å². The highest BCUT2D eigenvalue weighted by Crippen LogP contribution is 2.34. The minimum Gasteiger partial charge on any atom is -0.324 e. The van der Waals surface area contributed by atoms with Gasteiger partial charge in [-0.05, 0) is 18.1 Å². The zero-order valence-electron chi connectivity index (χ0n) is 10.5. The van der Waals surface area contributed by atoms with E-state index in [4.69, 9.17) is 5.73 Å². The average molecular weight is 260 g/mol. The first-order valence-electron chi connectivity index (χ1n) is 6.23. The van der Waals surface area contributed by atoms with Crippen LogP contribution >= 0.6 is 0 Å². The van der Waals surface area contributed by atoms with Gasteiger partial charge in [-0.3, -0.25) is 4.98 Å². The second kappa shape index (κ2) is 6.73. The lowest BCUT2D eigenvalue weighted by Crippen LogP contribution is -2.17. The molecule has 0 aliphatic rings. The third-order valence-corrected chi connectivity index (χ3v) is 2.93. The van der Waals surface area contributed by atoms with Crippen LogP contribution in [0.4, 0.5) is 13.2 Å². The van der Waals surface area contributed by atoms with E-state index < -0.39 is 17.8 Å². The number of alkyl halides is 3. The average Bonchev–Trinajstić information content (AvgIpc) is 2.33. The number of unbranched alkanes of at least 4 members (excludes halogenated alkanes) is 3. The minimum absolute atomic E-state index is 0.0986. The summed E-state index contributed by atoms with van der Waals surface area (Å²) in [5.74, 6) is 0. The number of nitrogens with two attached hydrogens (primary N) is 1. The quantitative estimate of drug-likeness (QED) is 0.783. The van der Waals surface area contributed by atoms with E-state index >= 15 is 0 Å². The predicted molar refractivity (Wildman–Crippen MR) is 64.9 cm³/mol. The standard InChI is InChI=1S/C13H19F3N2/c1-2-3-4-5-6-12(17)10-9-18-8-7-11(10)13(14,15)16/h7-9,12H,2-6,17H2,1H3. The summed E-state index contributed by atoms with van der Waals surface area (Å²) in [6.07, 6.45) is 2.62. The van der Waals surface area contributed by atoms with Crippen molar-refractivity contribution in [3.05, 3.63) is 29.6 Å². The molecular weight excluding hydrogens is 241 g/mol. The molecule has 0 aromatic carbocycles. The molecule has 1 aromatic heterocycles. The van der Waals surface area contributed by atoms with Gasteiger partial charge in [0.1, 0.15) is 0 Å². The molecule has 0 radical (unpaired) electrons. The topological polar surface area (TPSA) is 38.9 Å². The van der Waals surface area contributed by atoms with Crippen LogP contribution in [0.25, 0.3) is 0 Å². The summed E-state index contributed by atoms with van der Waals surface area (Å²) in [7, 11) is 0. The van der Waals surface area contributed by atoms with Crippen LogP contribution in [0.2, 0.25) is 0 Å². The van der Waals surface area contributed by atoms with Gasteiger partial charge < -0.3 is 5.73 Å². The molecular formula is C13H19F3N2. The van der Waals surface area contributed by atoms with Crippen molar-refractivity contribution in [2.75, 3.05) is 0 Å². The summed E-state index contributed by atoms with van der Waals surface area (Å²) < 4.78 is 38.3. The van der Waals surface area contributed by atoms with Crippen molar-refractivity contribution < 1.29 is 13.2 Å². The number of halogens is 3. The minimum atomic E-state index is -4.36. The summed E-state index contributed by atoms with van der Waals surface area (Å²) in [6, 6.07) is 0.397. The van der Waals surface area contributed by atoms with Crippen molar-refractivity contribution >= 4 is 0 Å². The predicted octanol–water partition coefficient (Wildman–Crippen LogP) is 4.07. The van der Waals surface area contributed by atoms with Gasteiger partial charge in [0.2, 0.25) is 0 Å². The van der Waals surface area contributed by atoms with E-state index in [-0.39, 0.29) is 5.56 Å². The Morgan fingerprint density at radius 1 is 1.28 bits per heavy atom. The van der Waals surface area contributed by atoms with E-state index in [1.807, 2.05) is 0 Å². The van der Waals surface area contributed by atoms with Crippen LogP contribution in [-0.2, 0) is 6.18 Å². The Kier molecular flexibility index (Phi) is 5.59. The smallest absolute Gasteiger partial charge is 0.324 e. The van der Waals surface area contributed by atoms with Gasteiger partial charge in [-0.25, -0.2) is 0 Å². The third kappa shape index (κ3) is 4.29. The van der Waals surface area contributed by atoms with E-state index in [1.54, 1.807) is 0 Å². The molecule has 0 aliphatic heterocycles. The van der Waals surface area contributed by atoms with E-state index in [0.717, 1.165) is 37.9 Å². The molecule has 0 aliphatic carbocycles. The molecule has 0 saturated heterocycles. The molecule has 1 unspecified atom stereocenters. The van der Waals surface area contributed by atoms with Gasteiger partial charge >= 0.3 is 6.18 Å². The number of pyridine rings is 1. The first-order chi connectivity index (χ1) is 8.46. The highest BCUT2D eigenvalue weighted by molar-refractivity contribution is 5.28. The van der Waals surface area contributed by atoms with E-state index in [0.29, 0.717) is 6.42 Å². The largest absolute Gasteiger partial charge is 0.416 e.